The lowest BCUT2D eigenvalue weighted by atomic mass is 9.63. The molecular weight excluding hydrogens is 298 g/mol. The summed E-state index contributed by atoms with van der Waals surface area (Å²) in [6.07, 6.45) is 3.90. The fourth-order valence-electron chi connectivity index (χ4n) is 3.85. The molecule has 0 radical (unpaired) electrons. The Hall–Kier alpha value is -0.340. The van der Waals surface area contributed by atoms with Crippen LogP contribution in [0.1, 0.15) is 52.5 Å². The molecule has 0 saturated heterocycles. The predicted molar refractivity (Wildman–Crippen MR) is 86.2 cm³/mol. The van der Waals surface area contributed by atoms with Gasteiger partial charge >= 0.3 is 0 Å². The van der Waals surface area contributed by atoms with Crippen molar-refractivity contribution < 1.29 is 0 Å². The standard InChI is InChI=1S/C17H26BrN/c1-16(2)9-15(10-17(3,4)12-16)19-11-13-5-7-14(18)8-6-13/h5-8,15,19H,9-12H2,1-4H3. The van der Waals surface area contributed by atoms with Gasteiger partial charge in [-0.3, -0.25) is 0 Å². The van der Waals surface area contributed by atoms with Gasteiger partial charge in [-0.1, -0.05) is 55.8 Å². The van der Waals surface area contributed by atoms with Crippen molar-refractivity contribution in [2.24, 2.45) is 10.8 Å². The van der Waals surface area contributed by atoms with Crippen LogP contribution in [0.5, 0.6) is 0 Å². The van der Waals surface area contributed by atoms with Gasteiger partial charge < -0.3 is 5.32 Å². The van der Waals surface area contributed by atoms with Crippen LogP contribution in [0.3, 0.4) is 0 Å². The van der Waals surface area contributed by atoms with E-state index in [2.05, 4.69) is 73.2 Å². The number of nitrogens with one attached hydrogen (secondary N) is 1. The van der Waals surface area contributed by atoms with Gasteiger partial charge in [0.05, 0.1) is 0 Å². The van der Waals surface area contributed by atoms with Gasteiger partial charge in [0.15, 0.2) is 0 Å². The first kappa shape index (κ1) is 15.1. The first-order chi connectivity index (χ1) is 8.76. The molecule has 2 heteroatoms. The Kier molecular flexibility index (Phi) is 4.42. The zero-order valence-corrected chi connectivity index (χ0v) is 14.2. The maximum Gasteiger partial charge on any atom is 0.0208 e. The molecule has 0 aromatic heterocycles. The molecule has 0 atom stereocenters. The minimum Gasteiger partial charge on any atom is -0.310 e. The second kappa shape index (κ2) is 5.57. The Morgan fingerprint density at radius 1 is 1.05 bits per heavy atom. The van der Waals surface area contributed by atoms with Crippen molar-refractivity contribution in [3.05, 3.63) is 34.3 Å². The summed E-state index contributed by atoms with van der Waals surface area (Å²) in [6.45, 7) is 10.6. The van der Waals surface area contributed by atoms with Crippen LogP contribution in [-0.2, 0) is 6.54 Å². The molecule has 0 unspecified atom stereocenters. The van der Waals surface area contributed by atoms with Gasteiger partial charge in [-0.15, -0.1) is 0 Å². The molecule has 1 fully saturated rings. The largest absolute Gasteiger partial charge is 0.310 e. The van der Waals surface area contributed by atoms with Crippen molar-refractivity contribution in [2.75, 3.05) is 0 Å². The molecule has 1 N–H and O–H groups in total. The Morgan fingerprint density at radius 3 is 2.11 bits per heavy atom. The van der Waals surface area contributed by atoms with Crippen LogP contribution in [0, 0.1) is 10.8 Å². The van der Waals surface area contributed by atoms with E-state index in [-0.39, 0.29) is 0 Å². The molecule has 1 nitrogen and oxygen atoms in total. The Balaban J connectivity index is 1.93. The lowest BCUT2D eigenvalue weighted by molar-refractivity contribution is 0.0845. The molecule has 19 heavy (non-hydrogen) atoms. The molecule has 0 bridgehead atoms. The van der Waals surface area contributed by atoms with Crippen molar-refractivity contribution >= 4 is 15.9 Å². The van der Waals surface area contributed by atoms with Gasteiger partial charge in [0, 0.05) is 17.1 Å². The number of benzene rings is 1. The summed E-state index contributed by atoms with van der Waals surface area (Å²) in [6, 6.07) is 9.26. The lowest BCUT2D eigenvalue weighted by Crippen LogP contribution is -2.43. The van der Waals surface area contributed by atoms with Crippen molar-refractivity contribution in [1.82, 2.24) is 5.32 Å². The van der Waals surface area contributed by atoms with Crippen LogP contribution in [0.15, 0.2) is 28.7 Å². The lowest BCUT2D eigenvalue weighted by Gasteiger charge is -2.45. The zero-order chi connectivity index (χ0) is 14.1. The molecule has 1 aliphatic carbocycles. The molecule has 106 valence electrons. The van der Waals surface area contributed by atoms with E-state index in [0.717, 1.165) is 11.0 Å². The van der Waals surface area contributed by atoms with E-state index in [4.69, 9.17) is 0 Å². The van der Waals surface area contributed by atoms with Gasteiger partial charge in [0.2, 0.25) is 0 Å². The maximum absolute atomic E-state index is 3.75. The van der Waals surface area contributed by atoms with Crippen molar-refractivity contribution in [3.63, 3.8) is 0 Å². The van der Waals surface area contributed by atoms with Crippen LogP contribution in [-0.4, -0.2) is 6.04 Å². The normalized spacial score (nSPS) is 22.4. The molecule has 1 aliphatic rings. The molecule has 2 rings (SSSR count). The number of halogens is 1. The topological polar surface area (TPSA) is 12.0 Å². The SMILES string of the molecule is CC1(C)CC(NCc2ccc(Br)cc2)CC(C)(C)C1. The minimum absolute atomic E-state index is 0.457. The Bertz CT molecular complexity index is 403. The van der Waals surface area contributed by atoms with E-state index in [9.17, 15) is 0 Å². The van der Waals surface area contributed by atoms with E-state index in [0.29, 0.717) is 16.9 Å². The van der Waals surface area contributed by atoms with Crippen molar-refractivity contribution in [3.8, 4) is 0 Å². The fourth-order valence-corrected chi connectivity index (χ4v) is 4.12. The van der Waals surface area contributed by atoms with E-state index < -0.39 is 0 Å². The minimum atomic E-state index is 0.457. The molecule has 0 amide bonds. The van der Waals surface area contributed by atoms with E-state index in [1.807, 2.05) is 0 Å². The number of hydrogen-bond acceptors (Lipinski definition) is 1. The fraction of sp³-hybridized carbons (Fsp3) is 0.647. The monoisotopic (exact) mass is 323 g/mol. The highest BCUT2D eigenvalue weighted by molar-refractivity contribution is 9.10. The number of rotatable bonds is 3. The van der Waals surface area contributed by atoms with Crippen LogP contribution in [0.2, 0.25) is 0 Å². The molecule has 0 spiro atoms. The smallest absolute Gasteiger partial charge is 0.0208 e. The van der Waals surface area contributed by atoms with E-state index in [1.54, 1.807) is 0 Å². The highest BCUT2D eigenvalue weighted by atomic mass is 79.9. The van der Waals surface area contributed by atoms with Crippen LogP contribution in [0.25, 0.3) is 0 Å². The third kappa shape index (κ3) is 4.61. The third-order valence-corrected chi connectivity index (χ3v) is 4.59. The second-order valence-electron chi connectivity index (χ2n) is 7.62. The predicted octanol–water partition coefficient (Wildman–Crippen LogP) is 5.14. The van der Waals surface area contributed by atoms with E-state index in [1.165, 1.54) is 24.8 Å². The van der Waals surface area contributed by atoms with Gasteiger partial charge in [0.1, 0.15) is 0 Å². The summed E-state index contributed by atoms with van der Waals surface area (Å²) in [4.78, 5) is 0. The first-order valence-corrected chi connectivity index (χ1v) is 8.03. The quantitative estimate of drug-likeness (QED) is 0.811. The summed E-state index contributed by atoms with van der Waals surface area (Å²) < 4.78 is 1.15. The highest BCUT2D eigenvalue weighted by Gasteiger charge is 2.37. The summed E-state index contributed by atoms with van der Waals surface area (Å²) >= 11 is 3.48. The molecule has 0 heterocycles. The van der Waals surface area contributed by atoms with Crippen molar-refractivity contribution in [1.29, 1.82) is 0 Å². The summed E-state index contributed by atoms with van der Waals surface area (Å²) in [5.41, 5.74) is 2.28. The van der Waals surface area contributed by atoms with Gasteiger partial charge in [0.25, 0.3) is 0 Å². The van der Waals surface area contributed by atoms with Crippen LogP contribution >= 0.6 is 15.9 Å². The van der Waals surface area contributed by atoms with E-state index >= 15 is 0 Å². The first-order valence-electron chi connectivity index (χ1n) is 7.24. The molecular formula is C17H26BrN. The average Bonchev–Trinajstić information content (AvgIpc) is 2.24. The molecule has 1 saturated carbocycles. The average molecular weight is 324 g/mol. The van der Waals surface area contributed by atoms with Crippen LogP contribution in [0.4, 0.5) is 0 Å². The highest BCUT2D eigenvalue weighted by Crippen LogP contribution is 2.45. The maximum atomic E-state index is 3.75. The molecule has 1 aromatic carbocycles. The Morgan fingerprint density at radius 2 is 1.58 bits per heavy atom. The van der Waals surface area contributed by atoms with Gasteiger partial charge in [-0.25, -0.2) is 0 Å². The molecule has 1 aromatic rings. The second-order valence-corrected chi connectivity index (χ2v) is 8.53. The third-order valence-electron chi connectivity index (χ3n) is 4.06. The van der Waals surface area contributed by atoms with Gasteiger partial charge in [-0.2, -0.15) is 0 Å². The summed E-state index contributed by atoms with van der Waals surface area (Å²) in [5, 5.41) is 3.75. The Labute approximate surface area is 126 Å². The summed E-state index contributed by atoms with van der Waals surface area (Å²) in [7, 11) is 0. The molecule has 0 aliphatic heterocycles. The van der Waals surface area contributed by atoms with Gasteiger partial charge in [-0.05, 0) is 47.8 Å². The van der Waals surface area contributed by atoms with Crippen molar-refractivity contribution in [2.45, 2.75) is 59.5 Å². The number of hydrogen-bond donors (Lipinski definition) is 1. The van der Waals surface area contributed by atoms with Crippen LogP contribution < -0.4 is 5.32 Å². The summed E-state index contributed by atoms with van der Waals surface area (Å²) in [5.74, 6) is 0. The zero-order valence-electron chi connectivity index (χ0n) is 12.6.